The van der Waals surface area contributed by atoms with Crippen molar-refractivity contribution in [1.82, 2.24) is 15.2 Å². The molecule has 2 heterocycles. The van der Waals surface area contributed by atoms with Crippen molar-refractivity contribution >= 4 is 11.9 Å². The normalized spacial score (nSPS) is 23.0. The summed E-state index contributed by atoms with van der Waals surface area (Å²) in [5.74, 6) is 2.17. The maximum Gasteiger partial charge on any atom is 0.310 e. The fraction of sp³-hybridized carbons (Fsp3) is 0.632. The van der Waals surface area contributed by atoms with Gasteiger partial charge in [-0.2, -0.15) is 0 Å². The molecule has 7 heteroatoms. The third kappa shape index (κ3) is 4.65. The maximum atomic E-state index is 11.9. The molecule has 7 nitrogen and oxygen atoms in total. The number of likely N-dealkylation sites (tertiary alicyclic amines) is 1. The van der Waals surface area contributed by atoms with E-state index in [-0.39, 0.29) is 17.8 Å². The lowest BCUT2D eigenvalue weighted by atomic mass is 9.99. The molecule has 1 aliphatic heterocycles. The van der Waals surface area contributed by atoms with Gasteiger partial charge in [-0.1, -0.05) is 13.0 Å². The number of nitrogens with one attached hydrogen (secondary N) is 1. The van der Waals surface area contributed by atoms with E-state index >= 15 is 0 Å². The van der Waals surface area contributed by atoms with E-state index in [2.05, 4.69) is 27.1 Å². The fourth-order valence-corrected chi connectivity index (χ4v) is 3.20. The van der Waals surface area contributed by atoms with E-state index < -0.39 is 0 Å². The van der Waals surface area contributed by atoms with Gasteiger partial charge in [-0.25, -0.2) is 4.98 Å². The largest absolute Gasteiger partial charge is 0.477 e. The summed E-state index contributed by atoms with van der Waals surface area (Å²) in [7, 11) is 3.20. The van der Waals surface area contributed by atoms with Gasteiger partial charge in [0.05, 0.1) is 19.6 Å². The van der Waals surface area contributed by atoms with Crippen LogP contribution in [0.1, 0.15) is 25.3 Å². The molecule has 1 N–H and O–H groups in total. The molecule has 1 saturated carbocycles. The summed E-state index contributed by atoms with van der Waals surface area (Å²) in [4.78, 5) is 22.7. The SMILES string of the molecule is CN=C(NCc1ccc(OCC2CC2)nc1)N1CC(C)C(C(=O)OC)C1. The van der Waals surface area contributed by atoms with Crippen LogP contribution in [-0.2, 0) is 16.1 Å². The van der Waals surface area contributed by atoms with Gasteiger partial charge in [0.15, 0.2) is 5.96 Å². The molecular formula is C19H28N4O3. The summed E-state index contributed by atoms with van der Waals surface area (Å²) in [6, 6.07) is 3.92. The second kappa shape index (κ2) is 8.38. The summed E-state index contributed by atoms with van der Waals surface area (Å²) >= 11 is 0. The monoisotopic (exact) mass is 360 g/mol. The summed E-state index contributed by atoms with van der Waals surface area (Å²) in [6.45, 7) is 4.87. The Bertz CT molecular complexity index is 643. The number of guanidine groups is 1. The van der Waals surface area contributed by atoms with Gasteiger partial charge in [-0.15, -0.1) is 0 Å². The van der Waals surface area contributed by atoms with Crippen LogP contribution >= 0.6 is 0 Å². The molecule has 142 valence electrons. The van der Waals surface area contributed by atoms with Gasteiger partial charge < -0.3 is 19.7 Å². The molecule has 2 aliphatic rings. The first-order valence-corrected chi connectivity index (χ1v) is 9.22. The molecule has 2 atom stereocenters. The highest BCUT2D eigenvalue weighted by atomic mass is 16.5. The molecule has 0 radical (unpaired) electrons. The Morgan fingerprint density at radius 1 is 1.38 bits per heavy atom. The molecular weight excluding hydrogens is 332 g/mol. The van der Waals surface area contributed by atoms with Crippen LogP contribution in [0.15, 0.2) is 23.3 Å². The average Bonchev–Trinajstić information content (AvgIpc) is 3.42. The molecule has 1 aromatic heterocycles. The molecule has 1 aliphatic carbocycles. The number of carbonyl (C=O) groups is 1. The molecule has 3 rings (SSSR count). The van der Waals surface area contributed by atoms with Crippen LogP contribution in [0.5, 0.6) is 5.88 Å². The van der Waals surface area contributed by atoms with E-state index in [1.807, 2.05) is 18.3 Å². The second-order valence-electron chi connectivity index (χ2n) is 7.17. The predicted octanol–water partition coefficient (Wildman–Crippen LogP) is 1.69. The number of rotatable bonds is 6. The van der Waals surface area contributed by atoms with Gasteiger partial charge >= 0.3 is 5.97 Å². The topological polar surface area (TPSA) is 76.1 Å². The Labute approximate surface area is 154 Å². The molecule has 2 fully saturated rings. The van der Waals surface area contributed by atoms with Crippen molar-refractivity contribution in [1.29, 1.82) is 0 Å². The van der Waals surface area contributed by atoms with Crippen LogP contribution in [0.4, 0.5) is 0 Å². The molecule has 1 saturated heterocycles. The highest BCUT2D eigenvalue weighted by Crippen LogP contribution is 2.29. The van der Waals surface area contributed by atoms with Crippen LogP contribution in [-0.4, -0.2) is 55.7 Å². The van der Waals surface area contributed by atoms with Gasteiger partial charge in [0, 0.05) is 38.9 Å². The van der Waals surface area contributed by atoms with Gasteiger partial charge in [-0.05, 0) is 30.2 Å². The number of ether oxygens (including phenoxy) is 2. The summed E-state index contributed by atoms with van der Waals surface area (Å²) in [6.07, 6.45) is 4.37. The van der Waals surface area contributed by atoms with Gasteiger partial charge in [0.25, 0.3) is 0 Å². The van der Waals surface area contributed by atoms with E-state index in [9.17, 15) is 4.79 Å². The Morgan fingerprint density at radius 2 is 2.19 bits per heavy atom. The van der Waals surface area contributed by atoms with Crippen LogP contribution in [0.3, 0.4) is 0 Å². The average molecular weight is 360 g/mol. The number of hydrogen-bond donors (Lipinski definition) is 1. The minimum atomic E-state index is -0.151. The number of nitrogens with zero attached hydrogens (tertiary/aromatic N) is 3. The van der Waals surface area contributed by atoms with Gasteiger partial charge in [-0.3, -0.25) is 9.79 Å². The number of pyridine rings is 1. The van der Waals surface area contributed by atoms with E-state index in [1.165, 1.54) is 20.0 Å². The van der Waals surface area contributed by atoms with Crippen molar-refractivity contribution in [3.63, 3.8) is 0 Å². The van der Waals surface area contributed by atoms with Crippen molar-refractivity contribution in [2.24, 2.45) is 22.7 Å². The Balaban J connectivity index is 1.50. The standard InChI is InChI=1S/C19H28N4O3/c1-13-10-23(11-16(13)18(24)25-3)19(20-2)22-9-15-6-7-17(21-8-15)26-12-14-4-5-14/h6-8,13-14,16H,4-5,9-12H2,1-3H3,(H,20,22). The zero-order valence-electron chi connectivity index (χ0n) is 15.8. The van der Waals surface area contributed by atoms with Crippen LogP contribution < -0.4 is 10.1 Å². The summed E-state index contributed by atoms with van der Waals surface area (Å²) < 4.78 is 10.6. The molecule has 0 bridgehead atoms. The Kier molecular flexibility index (Phi) is 5.96. The fourth-order valence-electron chi connectivity index (χ4n) is 3.20. The van der Waals surface area contributed by atoms with Crippen LogP contribution in [0.25, 0.3) is 0 Å². The maximum absolute atomic E-state index is 11.9. The third-order valence-corrected chi connectivity index (χ3v) is 5.04. The van der Waals surface area contributed by atoms with Crippen LogP contribution in [0.2, 0.25) is 0 Å². The molecule has 26 heavy (non-hydrogen) atoms. The zero-order chi connectivity index (χ0) is 18.5. The number of hydrogen-bond acceptors (Lipinski definition) is 5. The number of aliphatic imine (C=N–C) groups is 1. The number of esters is 1. The van der Waals surface area contributed by atoms with E-state index in [0.717, 1.165) is 30.6 Å². The first-order chi connectivity index (χ1) is 12.6. The summed E-state index contributed by atoms with van der Waals surface area (Å²) in [5.41, 5.74) is 1.06. The lowest BCUT2D eigenvalue weighted by Crippen LogP contribution is -2.40. The second-order valence-corrected chi connectivity index (χ2v) is 7.17. The van der Waals surface area contributed by atoms with Crippen molar-refractivity contribution < 1.29 is 14.3 Å². The van der Waals surface area contributed by atoms with Gasteiger partial charge in [0.2, 0.25) is 5.88 Å². The smallest absolute Gasteiger partial charge is 0.310 e. The van der Waals surface area contributed by atoms with E-state index in [0.29, 0.717) is 19.0 Å². The highest BCUT2D eigenvalue weighted by molar-refractivity contribution is 5.82. The van der Waals surface area contributed by atoms with Crippen LogP contribution in [0, 0.1) is 17.8 Å². The minimum absolute atomic E-state index is 0.108. The van der Waals surface area contributed by atoms with Gasteiger partial charge in [0.1, 0.15) is 0 Å². The molecule has 2 unspecified atom stereocenters. The molecule has 0 spiro atoms. The minimum Gasteiger partial charge on any atom is -0.477 e. The van der Waals surface area contributed by atoms with Crippen molar-refractivity contribution in [2.75, 3.05) is 33.9 Å². The predicted molar refractivity (Wildman–Crippen MR) is 98.9 cm³/mol. The number of carbonyl (C=O) groups excluding carboxylic acids is 1. The van der Waals surface area contributed by atoms with Crippen molar-refractivity contribution in [3.05, 3.63) is 23.9 Å². The molecule has 0 amide bonds. The zero-order valence-corrected chi connectivity index (χ0v) is 15.8. The quantitative estimate of drug-likeness (QED) is 0.473. The number of methoxy groups -OCH3 is 1. The lowest BCUT2D eigenvalue weighted by Gasteiger charge is -2.21. The molecule has 0 aromatic carbocycles. The van der Waals surface area contributed by atoms with Crippen molar-refractivity contribution in [3.8, 4) is 5.88 Å². The number of aromatic nitrogens is 1. The van der Waals surface area contributed by atoms with Crippen molar-refractivity contribution in [2.45, 2.75) is 26.3 Å². The highest BCUT2D eigenvalue weighted by Gasteiger charge is 2.36. The molecule has 1 aromatic rings. The third-order valence-electron chi connectivity index (χ3n) is 5.04. The Morgan fingerprint density at radius 3 is 2.81 bits per heavy atom. The first-order valence-electron chi connectivity index (χ1n) is 9.22. The summed E-state index contributed by atoms with van der Waals surface area (Å²) in [5, 5.41) is 3.35. The van der Waals surface area contributed by atoms with E-state index in [4.69, 9.17) is 9.47 Å². The Hall–Kier alpha value is -2.31. The van der Waals surface area contributed by atoms with E-state index in [1.54, 1.807) is 7.05 Å². The lowest BCUT2D eigenvalue weighted by molar-refractivity contribution is -0.145. The first kappa shape index (κ1) is 18.5.